The molecule has 8 heteroatoms. The Hall–Kier alpha value is -1.31. The minimum atomic E-state index is -3.70. The zero-order valence-corrected chi connectivity index (χ0v) is 11.6. The van der Waals surface area contributed by atoms with Gasteiger partial charge in [-0.25, -0.2) is 13.4 Å². The third-order valence-corrected chi connectivity index (χ3v) is 5.34. The van der Waals surface area contributed by atoms with Gasteiger partial charge in [0.15, 0.2) is 8.68 Å². The molecule has 0 saturated carbocycles. The summed E-state index contributed by atoms with van der Waals surface area (Å²) in [5.41, 5.74) is 0.716. The predicted molar refractivity (Wildman–Crippen MR) is 70.8 cm³/mol. The van der Waals surface area contributed by atoms with Gasteiger partial charge in [0.1, 0.15) is 5.75 Å². The quantitative estimate of drug-likeness (QED) is 0.854. The molecule has 2 N–H and O–H groups in total. The monoisotopic (exact) mass is 304 g/mol. The molecule has 2 aromatic rings. The molecule has 0 aliphatic heterocycles. The van der Waals surface area contributed by atoms with E-state index in [1.807, 2.05) is 0 Å². The summed E-state index contributed by atoms with van der Waals surface area (Å²) >= 11 is 6.58. The highest BCUT2D eigenvalue weighted by atomic mass is 35.5. The molecule has 0 saturated heterocycles. The first-order chi connectivity index (χ1) is 8.38. The van der Waals surface area contributed by atoms with E-state index in [4.69, 9.17) is 16.7 Å². The van der Waals surface area contributed by atoms with Gasteiger partial charge in [-0.1, -0.05) is 22.9 Å². The summed E-state index contributed by atoms with van der Waals surface area (Å²) in [4.78, 5) is 3.86. The lowest BCUT2D eigenvalue weighted by atomic mass is 10.3. The highest BCUT2D eigenvalue weighted by Gasteiger charge is 2.21. The number of nitrogens with one attached hydrogen (secondary N) is 1. The van der Waals surface area contributed by atoms with Crippen molar-refractivity contribution in [1.29, 1.82) is 0 Å². The lowest BCUT2D eigenvalue weighted by Gasteiger charge is -2.06. The molecule has 0 aliphatic rings. The van der Waals surface area contributed by atoms with Crippen molar-refractivity contribution >= 4 is 38.6 Å². The van der Waals surface area contributed by atoms with Crippen LogP contribution in [-0.2, 0) is 10.0 Å². The Morgan fingerprint density at radius 3 is 2.44 bits per heavy atom. The number of anilines is 1. The summed E-state index contributed by atoms with van der Waals surface area (Å²) in [5.74, 6) is 0.0648. The Morgan fingerprint density at radius 1 is 1.33 bits per heavy atom. The van der Waals surface area contributed by atoms with E-state index in [1.165, 1.54) is 24.3 Å². The average Bonchev–Trinajstić information content (AvgIpc) is 2.62. The van der Waals surface area contributed by atoms with E-state index in [0.717, 1.165) is 11.3 Å². The second kappa shape index (κ2) is 4.75. The largest absolute Gasteiger partial charge is 0.508 e. The normalized spacial score (nSPS) is 11.4. The number of aromatic hydroxyl groups is 1. The molecule has 0 amide bonds. The number of aromatic nitrogens is 1. The smallest absolute Gasteiger partial charge is 0.273 e. The minimum absolute atomic E-state index is 0.0648. The Kier molecular flexibility index (Phi) is 3.47. The van der Waals surface area contributed by atoms with Crippen LogP contribution in [0, 0.1) is 6.92 Å². The summed E-state index contributed by atoms with van der Waals surface area (Å²) < 4.78 is 26.8. The SMILES string of the molecule is Cc1nc(Cl)sc1S(=O)(=O)Nc1ccc(O)cc1. The molecular weight excluding hydrogens is 296 g/mol. The van der Waals surface area contributed by atoms with Gasteiger partial charge in [-0.05, 0) is 31.2 Å². The predicted octanol–water partition coefficient (Wildman–Crippen LogP) is 2.61. The van der Waals surface area contributed by atoms with Crippen molar-refractivity contribution in [2.24, 2.45) is 0 Å². The Bertz CT molecular complexity index is 665. The number of phenols is 1. The molecule has 0 bridgehead atoms. The van der Waals surface area contributed by atoms with Crippen LogP contribution >= 0.6 is 22.9 Å². The van der Waals surface area contributed by atoms with Crippen LogP contribution < -0.4 is 4.72 Å². The number of halogens is 1. The second-order valence-corrected chi connectivity index (χ2v) is 6.95. The first-order valence-corrected chi connectivity index (χ1v) is 7.51. The van der Waals surface area contributed by atoms with Crippen molar-refractivity contribution in [3.05, 3.63) is 34.4 Å². The van der Waals surface area contributed by atoms with E-state index in [0.29, 0.717) is 11.4 Å². The van der Waals surface area contributed by atoms with E-state index in [2.05, 4.69) is 9.71 Å². The number of thiazole rings is 1. The number of phenolic OH excluding ortho intramolecular Hbond substituents is 1. The van der Waals surface area contributed by atoms with Gasteiger partial charge in [0.2, 0.25) is 0 Å². The number of sulfonamides is 1. The molecule has 5 nitrogen and oxygen atoms in total. The summed E-state index contributed by atoms with van der Waals surface area (Å²) in [5, 5.41) is 9.12. The summed E-state index contributed by atoms with van der Waals surface area (Å²) in [6.45, 7) is 1.58. The third-order valence-electron chi connectivity index (χ3n) is 2.09. The van der Waals surface area contributed by atoms with Crippen LogP contribution in [0.5, 0.6) is 5.75 Å². The molecule has 1 aromatic carbocycles. The highest BCUT2D eigenvalue weighted by molar-refractivity contribution is 7.94. The highest BCUT2D eigenvalue weighted by Crippen LogP contribution is 2.28. The van der Waals surface area contributed by atoms with E-state index in [-0.39, 0.29) is 14.4 Å². The molecule has 0 atom stereocenters. The first-order valence-electron chi connectivity index (χ1n) is 4.83. The zero-order chi connectivity index (χ0) is 13.3. The standard InChI is InChI=1S/C10H9ClN2O3S2/c1-6-9(17-10(11)12-6)18(15,16)13-7-2-4-8(14)5-3-7/h2-5,13-14H,1H3. The van der Waals surface area contributed by atoms with Crippen molar-refractivity contribution in [1.82, 2.24) is 4.98 Å². The fraction of sp³-hybridized carbons (Fsp3) is 0.100. The van der Waals surface area contributed by atoms with Crippen LogP contribution in [0.1, 0.15) is 5.69 Å². The van der Waals surface area contributed by atoms with Crippen molar-refractivity contribution in [2.75, 3.05) is 4.72 Å². The van der Waals surface area contributed by atoms with Crippen LogP contribution in [0.25, 0.3) is 0 Å². The van der Waals surface area contributed by atoms with Gasteiger partial charge in [0, 0.05) is 5.69 Å². The van der Waals surface area contributed by atoms with Crippen molar-refractivity contribution in [3.8, 4) is 5.75 Å². The van der Waals surface area contributed by atoms with Crippen LogP contribution in [0.15, 0.2) is 28.5 Å². The maximum Gasteiger partial charge on any atom is 0.273 e. The van der Waals surface area contributed by atoms with E-state index in [1.54, 1.807) is 6.92 Å². The summed E-state index contributed by atoms with van der Waals surface area (Å²) in [7, 11) is -3.70. The van der Waals surface area contributed by atoms with E-state index < -0.39 is 10.0 Å². The molecule has 0 spiro atoms. The number of benzene rings is 1. The molecule has 1 aromatic heterocycles. The van der Waals surface area contributed by atoms with E-state index in [9.17, 15) is 8.42 Å². The lowest BCUT2D eigenvalue weighted by Crippen LogP contribution is -2.12. The van der Waals surface area contributed by atoms with Crippen LogP contribution in [-0.4, -0.2) is 18.5 Å². The van der Waals surface area contributed by atoms with Gasteiger partial charge in [0.05, 0.1) is 5.69 Å². The van der Waals surface area contributed by atoms with Crippen LogP contribution in [0.2, 0.25) is 4.47 Å². The fourth-order valence-electron chi connectivity index (χ4n) is 1.33. The van der Waals surface area contributed by atoms with Crippen molar-refractivity contribution in [2.45, 2.75) is 11.1 Å². The van der Waals surface area contributed by atoms with Gasteiger partial charge in [-0.15, -0.1) is 0 Å². The molecule has 96 valence electrons. The first kappa shape index (κ1) is 13.1. The number of hydrogen-bond donors (Lipinski definition) is 2. The Balaban J connectivity index is 2.33. The molecule has 0 fully saturated rings. The number of nitrogens with zero attached hydrogens (tertiary/aromatic N) is 1. The minimum Gasteiger partial charge on any atom is -0.508 e. The average molecular weight is 305 g/mol. The molecule has 1 heterocycles. The van der Waals surface area contributed by atoms with Crippen LogP contribution in [0.4, 0.5) is 5.69 Å². The lowest BCUT2D eigenvalue weighted by molar-refractivity contribution is 0.475. The van der Waals surface area contributed by atoms with E-state index >= 15 is 0 Å². The van der Waals surface area contributed by atoms with Gasteiger partial charge >= 0.3 is 0 Å². The van der Waals surface area contributed by atoms with Crippen molar-refractivity contribution < 1.29 is 13.5 Å². The summed E-state index contributed by atoms with van der Waals surface area (Å²) in [6, 6.07) is 5.71. The maximum absolute atomic E-state index is 12.1. The molecule has 18 heavy (non-hydrogen) atoms. The molecule has 2 rings (SSSR count). The van der Waals surface area contributed by atoms with Crippen LogP contribution in [0.3, 0.4) is 0 Å². The zero-order valence-electron chi connectivity index (χ0n) is 9.21. The third kappa shape index (κ3) is 2.74. The Labute approximate surface area is 113 Å². The summed E-state index contributed by atoms with van der Waals surface area (Å²) in [6.07, 6.45) is 0. The molecular formula is C10H9ClN2O3S2. The number of hydrogen-bond acceptors (Lipinski definition) is 5. The second-order valence-electron chi connectivity index (χ2n) is 3.49. The topological polar surface area (TPSA) is 79.3 Å². The molecule has 0 radical (unpaired) electrons. The van der Waals surface area contributed by atoms with Gasteiger partial charge < -0.3 is 5.11 Å². The maximum atomic E-state index is 12.1. The van der Waals surface area contributed by atoms with Gasteiger partial charge in [-0.2, -0.15) is 0 Å². The number of aryl methyl sites for hydroxylation is 1. The number of rotatable bonds is 3. The molecule has 0 unspecified atom stereocenters. The van der Waals surface area contributed by atoms with Gasteiger partial charge in [0.25, 0.3) is 10.0 Å². The fourth-order valence-corrected chi connectivity index (χ4v) is 4.13. The molecule has 0 aliphatic carbocycles. The Morgan fingerprint density at radius 2 is 1.94 bits per heavy atom. The van der Waals surface area contributed by atoms with Gasteiger partial charge in [-0.3, -0.25) is 4.72 Å². The van der Waals surface area contributed by atoms with Crippen molar-refractivity contribution in [3.63, 3.8) is 0 Å².